The molecule has 0 unspecified atom stereocenters. The molecule has 98 heavy (non-hydrogen) atoms. The fourth-order valence-electron chi connectivity index (χ4n) is 9.62. The first-order valence-corrected chi connectivity index (χ1v) is 32.3. The molecule has 3 aliphatic rings. The van der Waals surface area contributed by atoms with Gasteiger partial charge in [-0.2, -0.15) is 21.6 Å². The maximum atomic E-state index is 13.3. The molecule has 6 N–H and O–H groups in total. The average molecular weight is 1410 g/mol. The molecular formula is C67H86F6N4O20S. The lowest BCUT2D eigenvalue weighted by Crippen LogP contribution is -2.46. The number of pyridine rings is 1. The Morgan fingerprint density at radius 1 is 0.622 bits per heavy atom. The number of methoxy groups -OCH3 is 1. The lowest BCUT2D eigenvalue weighted by molar-refractivity contribution is -0.163. The van der Waals surface area contributed by atoms with Crippen LogP contribution >= 0.6 is 0 Å². The van der Waals surface area contributed by atoms with Crippen molar-refractivity contribution in [3.05, 3.63) is 163 Å². The van der Waals surface area contributed by atoms with Gasteiger partial charge in [-0.3, -0.25) is 14.1 Å². The molecule has 2 amide bonds. The minimum atomic E-state index is -5.84. The van der Waals surface area contributed by atoms with Crippen molar-refractivity contribution in [3.8, 4) is 11.5 Å². The molecule has 4 aromatic rings. The van der Waals surface area contributed by atoms with Crippen LogP contribution in [-0.2, 0) is 91.1 Å². The summed E-state index contributed by atoms with van der Waals surface area (Å²) in [7, 11) is -4.49. The van der Waals surface area contributed by atoms with Crippen LogP contribution in [0.25, 0.3) is 0 Å². The van der Waals surface area contributed by atoms with E-state index in [-0.39, 0.29) is 74.3 Å². The van der Waals surface area contributed by atoms with Crippen LogP contribution in [-0.4, -0.2) is 184 Å². The molecular weight excluding hydrogens is 1330 g/mol. The smallest absolute Gasteiger partial charge is 0.503 e. The number of benzene rings is 3. The minimum absolute atomic E-state index is 0.0741. The highest BCUT2D eigenvalue weighted by Crippen LogP contribution is 2.29. The quantitative estimate of drug-likeness (QED) is 0.0147. The molecule has 0 bridgehead atoms. The third-order valence-electron chi connectivity index (χ3n) is 14.4. The van der Waals surface area contributed by atoms with E-state index in [1.54, 1.807) is 96.2 Å². The summed E-state index contributed by atoms with van der Waals surface area (Å²) in [6.45, 7) is 22.7. The number of aromatic hydroxyl groups is 1. The van der Waals surface area contributed by atoms with Gasteiger partial charge in [-0.25, -0.2) is 32.5 Å². The number of halogens is 6. The zero-order valence-corrected chi connectivity index (χ0v) is 56.1. The average Bonchev–Trinajstić information content (AvgIpc) is 1.43. The molecule has 3 fully saturated rings. The van der Waals surface area contributed by atoms with E-state index in [2.05, 4.69) is 35.4 Å². The summed E-state index contributed by atoms with van der Waals surface area (Å²) >= 11 is 0. The highest BCUT2D eigenvalue weighted by Gasteiger charge is 2.45. The predicted octanol–water partition coefficient (Wildman–Crippen LogP) is 8.50. The molecule has 3 saturated heterocycles. The maximum Gasteiger partial charge on any atom is 0.522 e. The summed E-state index contributed by atoms with van der Waals surface area (Å²) in [4.78, 5) is 66.3. The molecule has 0 radical (unpaired) electrons. The third kappa shape index (κ3) is 28.1. The van der Waals surface area contributed by atoms with E-state index in [4.69, 9.17) is 70.8 Å². The lowest BCUT2D eigenvalue weighted by Gasteiger charge is -2.30. The van der Waals surface area contributed by atoms with E-state index in [9.17, 15) is 55.4 Å². The highest BCUT2D eigenvalue weighted by atomic mass is 32.2. The summed E-state index contributed by atoms with van der Waals surface area (Å²) in [6.07, 6.45) is 2.54. The van der Waals surface area contributed by atoms with E-state index in [0.29, 0.717) is 38.9 Å². The van der Waals surface area contributed by atoms with Gasteiger partial charge in [0.2, 0.25) is 0 Å². The number of esters is 3. The standard InChI is InChI=1S/C25H29FN2O7.C23H32FNO6.C18H24FNO4.CHF3O3S/c1-4-12-34-23-15(2)35-25(31)18(28-24(30)21-22(29)19(32-3)9-11-27-21)10-13-33-20(23)14-16-5-7-17(26)8-6-16;1-6-12-29-20-15(2)30-21(26)18(25-22(27)31-23(3,4)5)11-13-28-19(20)14-16-7-9-17(24)10-8-16;1-3-9-23-17-12(2)24-18(21)15(20)8-10-22-16(17)11-13-4-6-14(19)7-5-13;2-1(3,4)8(5,6)7/h4-9,11,15,18,20,23,29H,1,10,12-14H2,2-3H3,(H,28,30);6-10,15,18-20H,1,11-14H2,2-5H3,(H,25,27);3-7,12,15-17H,1,8-11,20H2,2H3;(H,5,6,7)/t15-,18-,20+,23-;15-,18-,19+,20-;12-,15-,16+,17-;/m000./s1. The molecule has 12 atom stereocenters. The number of hydrogen-bond donors (Lipinski definition) is 5. The van der Waals surface area contributed by atoms with Crippen LogP contribution in [0.2, 0.25) is 0 Å². The van der Waals surface area contributed by atoms with Crippen molar-refractivity contribution in [2.24, 2.45) is 5.73 Å². The first-order chi connectivity index (χ1) is 46.2. The number of alkyl carbamates (subject to hydrolysis) is 1. The number of amides is 2. The fourth-order valence-corrected chi connectivity index (χ4v) is 9.62. The molecule has 0 spiro atoms. The third-order valence-corrected chi connectivity index (χ3v) is 15.0. The summed E-state index contributed by atoms with van der Waals surface area (Å²) in [5.41, 5.74) is 1.87. The van der Waals surface area contributed by atoms with Gasteiger partial charge < -0.3 is 73.6 Å². The second-order valence-corrected chi connectivity index (χ2v) is 24.6. The summed E-state index contributed by atoms with van der Waals surface area (Å²) in [5, 5.41) is 15.3. The highest BCUT2D eigenvalue weighted by molar-refractivity contribution is 7.86. The van der Waals surface area contributed by atoms with Gasteiger partial charge in [0.1, 0.15) is 77.8 Å². The van der Waals surface area contributed by atoms with Gasteiger partial charge >= 0.3 is 39.6 Å². The number of carbonyl (C=O) groups is 5. The molecule has 31 heteroatoms. The van der Waals surface area contributed by atoms with Crippen molar-refractivity contribution in [1.29, 1.82) is 0 Å². The van der Waals surface area contributed by atoms with Crippen molar-refractivity contribution in [1.82, 2.24) is 15.6 Å². The SMILES string of the molecule is C=CCO[C@H]1[C@H](C)OC(=O)[C@@H](N)CCO[C@@H]1Cc1ccc(F)cc1.C=CCO[C@H]1[C@H](C)OC(=O)[C@@H](NC(=O)OC(C)(C)C)CCO[C@@H]1Cc1ccc(F)cc1.C=CCO[C@H]1[C@H](C)OC(=O)[C@@H](NC(=O)c2nccc(OC)c2O)CCO[C@@H]1Cc1ccc(F)cc1.O=S(=O)(O)C(F)(F)F. The van der Waals surface area contributed by atoms with Crippen LogP contribution in [0, 0.1) is 17.5 Å². The topological polar surface area (TPSA) is 324 Å². The van der Waals surface area contributed by atoms with E-state index < -0.39 is 124 Å². The summed E-state index contributed by atoms with van der Waals surface area (Å²) in [6, 6.07) is 17.1. The largest absolute Gasteiger partial charge is 0.522 e. The zero-order valence-electron chi connectivity index (χ0n) is 55.3. The van der Waals surface area contributed by atoms with Crippen LogP contribution in [0.5, 0.6) is 11.5 Å². The molecule has 0 aliphatic carbocycles. The number of hydrogen-bond acceptors (Lipinski definition) is 21. The Hall–Kier alpha value is -8.01. The van der Waals surface area contributed by atoms with Crippen LogP contribution in [0.4, 0.5) is 31.1 Å². The van der Waals surface area contributed by atoms with Crippen molar-refractivity contribution < 1.29 is 120 Å². The number of nitrogens with two attached hydrogens (primary N) is 1. The van der Waals surface area contributed by atoms with Crippen LogP contribution in [0.1, 0.15) is 88.0 Å². The Bertz CT molecular complexity index is 3310. The Morgan fingerprint density at radius 3 is 1.31 bits per heavy atom. The number of rotatable bonds is 19. The molecule has 4 heterocycles. The van der Waals surface area contributed by atoms with Gasteiger partial charge in [-0.1, -0.05) is 54.6 Å². The van der Waals surface area contributed by atoms with Gasteiger partial charge in [-0.15, -0.1) is 19.7 Å². The molecule has 542 valence electrons. The van der Waals surface area contributed by atoms with Gasteiger partial charge in [-0.05, 0) is 101 Å². The number of ether oxygens (including phenoxy) is 11. The summed E-state index contributed by atoms with van der Waals surface area (Å²) < 4.78 is 160. The maximum absolute atomic E-state index is 13.3. The van der Waals surface area contributed by atoms with Crippen LogP contribution < -0.4 is 21.1 Å². The van der Waals surface area contributed by atoms with Crippen molar-refractivity contribution in [3.63, 3.8) is 0 Å². The van der Waals surface area contributed by atoms with Gasteiger partial charge in [0.05, 0.1) is 45.2 Å². The minimum Gasteiger partial charge on any atom is -0.503 e. The Balaban J connectivity index is 0.000000299. The number of alkyl halides is 3. The van der Waals surface area contributed by atoms with Crippen LogP contribution in [0.3, 0.4) is 0 Å². The zero-order chi connectivity index (χ0) is 72.9. The second-order valence-electron chi connectivity index (χ2n) is 23.2. The number of nitrogens with one attached hydrogen (secondary N) is 2. The van der Waals surface area contributed by atoms with Crippen molar-refractivity contribution in [2.45, 2.75) is 164 Å². The number of carbonyl (C=O) groups excluding carboxylic acids is 5. The van der Waals surface area contributed by atoms with E-state index >= 15 is 0 Å². The molecule has 7 rings (SSSR count). The fraction of sp³-hybridized carbons (Fsp3) is 0.493. The Morgan fingerprint density at radius 2 is 0.969 bits per heavy atom. The first kappa shape index (κ1) is 82.4. The van der Waals surface area contributed by atoms with Crippen molar-refractivity contribution >= 4 is 40.0 Å². The van der Waals surface area contributed by atoms with Gasteiger partial charge in [0.15, 0.2) is 17.2 Å². The number of nitrogens with zero attached hydrogens (tertiary/aromatic N) is 1. The van der Waals surface area contributed by atoms with E-state index in [0.717, 1.165) is 16.7 Å². The normalized spacial score (nSPS) is 24.1. The van der Waals surface area contributed by atoms with Crippen molar-refractivity contribution in [2.75, 3.05) is 46.8 Å². The second kappa shape index (κ2) is 40.2. The first-order valence-electron chi connectivity index (χ1n) is 30.9. The molecule has 1 aromatic heterocycles. The van der Waals surface area contributed by atoms with Gasteiger partial charge in [0, 0.05) is 64.2 Å². The van der Waals surface area contributed by atoms with E-state index in [1.807, 2.05) is 0 Å². The summed E-state index contributed by atoms with van der Waals surface area (Å²) in [5.74, 6) is -3.81. The number of cyclic esters (lactones) is 3. The molecule has 3 aliphatic heterocycles. The number of aromatic nitrogens is 1. The lowest BCUT2D eigenvalue weighted by atomic mass is 10.0. The molecule has 3 aromatic carbocycles. The Kier molecular flexibility index (Phi) is 33.8. The van der Waals surface area contributed by atoms with Crippen LogP contribution in [0.15, 0.2) is 123 Å². The van der Waals surface area contributed by atoms with E-state index in [1.165, 1.54) is 55.8 Å². The predicted molar refractivity (Wildman–Crippen MR) is 342 cm³/mol. The monoisotopic (exact) mass is 1410 g/mol. The molecule has 0 saturated carbocycles. The Labute approximate surface area is 565 Å². The molecule has 24 nitrogen and oxygen atoms in total. The van der Waals surface area contributed by atoms with Gasteiger partial charge in [0.25, 0.3) is 5.91 Å².